The number of anilines is 1. The van der Waals surface area contributed by atoms with Gasteiger partial charge in [0.1, 0.15) is 11.6 Å². The minimum atomic E-state index is 0.200. The van der Waals surface area contributed by atoms with E-state index in [4.69, 9.17) is 4.98 Å². The molecule has 0 bridgehead atoms. The highest BCUT2D eigenvalue weighted by atomic mass is 16.3. The molecule has 1 aromatic heterocycles. The maximum atomic E-state index is 10.3. The van der Waals surface area contributed by atoms with Crippen LogP contribution in [0.3, 0.4) is 0 Å². The molecule has 5 nitrogen and oxygen atoms in total. The van der Waals surface area contributed by atoms with E-state index in [-0.39, 0.29) is 5.75 Å². The molecule has 0 spiro atoms. The average molecular weight is 334 g/mol. The molecule has 1 aliphatic heterocycles. The number of para-hydroxylation sites is 1. The van der Waals surface area contributed by atoms with Crippen LogP contribution in [-0.2, 0) is 0 Å². The molecule has 128 valence electrons. The first-order chi connectivity index (χ1) is 12.2. The van der Waals surface area contributed by atoms with Crippen LogP contribution in [-0.4, -0.2) is 34.2 Å². The van der Waals surface area contributed by atoms with Gasteiger partial charge in [-0.2, -0.15) is 0 Å². The molecule has 0 radical (unpaired) electrons. The van der Waals surface area contributed by atoms with Crippen molar-refractivity contribution >= 4 is 16.7 Å². The summed E-state index contributed by atoms with van der Waals surface area (Å²) < 4.78 is 0. The number of rotatable bonds is 3. The van der Waals surface area contributed by atoms with Crippen LogP contribution in [0, 0.1) is 6.92 Å². The van der Waals surface area contributed by atoms with E-state index in [1.807, 2.05) is 43.3 Å². The summed E-state index contributed by atoms with van der Waals surface area (Å²) in [6.07, 6.45) is 2.28. The smallest absolute Gasteiger partial charge is 0.165 e. The van der Waals surface area contributed by atoms with E-state index in [0.717, 1.165) is 48.2 Å². The molecule has 1 aliphatic rings. The van der Waals surface area contributed by atoms with Gasteiger partial charge < -0.3 is 15.7 Å². The van der Waals surface area contributed by atoms with Crippen molar-refractivity contribution in [3.8, 4) is 17.1 Å². The summed E-state index contributed by atoms with van der Waals surface area (Å²) in [4.78, 5) is 9.43. The number of phenols is 1. The van der Waals surface area contributed by atoms with Crippen LogP contribution in [0.4, 0.5) is 5.82 Å². The van der Waals surface area contributed by atoms with Gasteiger partial charge in [-0.05, 0) is 50.6 Å². The van der Waals surface area contributed by atoms with Gasteiger partial charge in [0.2, 0.25) is 0 Å². The van der Waals surface area contributed by atoms with Crippen molar-refractivity contribution in [3.05, 3.63) is 48.0 Å². The number of aryl methyl sites for hydroxylation is 1. The van der Waals surface area contributed by atoms with Crippen LogP contribution in [0.5, 0.6) is 5.75 Å². The van der Waals surface area contributed by atoms with Gasteiger partial charge in [-0.3, -0.25) is 0 Å². The molecule has 4 rings (SSSR count). The SMILES string of the molecule is Cc1ccc(O)c(-c2nc(N[C@@H]3CCCNC3)c3ccccc3n2)c1. The number of nitrogens with zero attached hydrogens (tertiary/aromatic N) is 2. The summed E-state index contributed by atoms with van der Waals surface area (Å²) in [5.74, 6) is 1.58. The predicted molar refractivity (Wildman–Crippen MR) is 101 cm³/mol. The summed E-state index contributed by atoms with van der Waals surface area (Å²) in [6, 6.07) is 13.8. The zero-order chi connectivity index (χ0) is 17.2. The Morgan fingerprint density at radius 1 is 1.16 bits per heavy atom. The monoisotopic (exact) mass is 334 g/mol. The van der Waals surface area contributed by atoms with Crippen molar-refractivity contribution in [2.24, 2.45) is 0 Å². The van der Waals surface area contributed by atoms with Gasteiger partial charge in [0, 0.05) is 18.0 Å². The molecule has 3 N–H and O–H groups in total. The molecule has 2 aromatic carbocycles. The number of aromatic nitrogens is 2. The fourth-order valence-corrected chi connectivity index (χ4v) is 3.30. The third-order valence-electron chi connectivity index (χ3n) is 4.63. The highest BCUT2D eigenvalue weighted by Crippen LogP contribution is 2.31. The van der Waals surface area contributed by atoms with Crippen LogP contribution in [0.2, 0.25) is 0 Å². The Morgan fingerprint density at radius 3 is 2.88 bits per heavy atom. The van der Waals surface area contributed by atoms with Gasteiger partial charge in [-0.1, -0.05) is 23.8 Å². The second-order valence-corrected chi connectivity index (χ2v) is 6.62. The van der Waals surface area contributed by atoms with E-state index in [2.05, 4.69) is 15.6 Å². The van der Waals surface area contributed by atoms with Crippen molar-refractivity contribution in [2.75, 3.05) is 18.4 Å². The molecule has 2 heterocycles. The van der Waals surface area contributed by atoms with E-state index in [9.17, 15) is 5.11 Å². The quantitative estimate of drug-likeness (QED) is 0.684. The third kappa shape index (κ3) is 3.28. The van der Waals surface area contributed by atoms with Gasteiger partial charge in [-0.15, -0.1) is 0 Å². The zero-order valence-corrected chi connectivity index (χ0v) is 14.3. The molecule has 25 heavy (non-hydrogen) atoms. The topological polar surface area (TPSA) is 70.1 Å². The molecule has 0 saturated carbocycles. The number of phenolic OH excluding ortho intramolecular Hbond substituents is 1. The van der Waals surface area contributed by atoms with E-state index < -0.39 is 0 Å². The molecular weight excluding hydrogens is 312 g/mol. The summed E-state index contributed by atoms with van der Waals surface area (Å²) in [6.45, 7) is 4.01. The first kappa shape index (κ1) is 15.8. The Morgan fingerprint density at radius 2 is 2.04 bits per heavy atom. The Hall–Kier alpha value is -2.66. The van der Waals surface area contributed by atoms with Crippen molar-refractivity contribution in [3.63, 3.8) is 0 Å². The van der Waals surface area contributed by atoms with Crippen molar-refractivity contribution in [1.29, 1.82) is 0 Å². The number of fused-ring (bicyclic) bond motifs is 1. The Balaban J connectivity index is 1.81. The number of hydrogen-bond acceptors (Lipinski definition) is 5. The van der Waals surface area contributed by atoms with Gasteiger partial charge in [0.25, 0.3) is 0 Å². The van der Waals surface area contributed by atoms with Crippen molar-refractivity contribution in [1.82, 2.24) is 15.3 Å². The molecule has 1 fully saturated rings. The van der Waals surface area contributed by atoms with Gasteiger partial charge >= 0.3 is 0 Å². The number of hydrogen-bond donors (Lipinski definition) is 3. The van der Waals surface area contributed by atoms with Crippen molar-refractivity contribution in [2.45, 2.75) is 25.8 Å². The minimum absolute atomic E-state index is 0.200. The predicted octanol–water partition coefficient (Wildman–Crippen LogP) is 3.47. The molecular formula is C20H22N4O. The minimum Gasteiger partial charge on any atom is -0.507 e. The number of piperidine rings is 1. The van der Waals surface area contributed by atoms with Crippen LogP contribution in [0.15, 0.2) is 42.5 Å². The summed E-state index contributed by atoms with van der Waals surface area (Å²) >= 11 is 0. The molecule has 1 atom stereocenters. The number of nitrogens with one attached hydrogen (secondary N) is 2. The zero-order valence-electron chi connectivity index (χ0n) is 14.3. The highest BCUT2D eigenvalue weighted by molar-refractivity contribution is 5.91. The lowest BCUT2D eigenvalue weighted by atomic mass is 10.1. The lowest BCUT2D eigenvalue weighted by molar-refractivity contribution is 0.476. The molecule has 0 aliphatic carbocycles. The molecule has 1 saturated heterocycles. The first-order valence-electron chi connectivity index (χ1n) is 8.75. The summed E-state index contributed by atoms with van der Waals surface area (Å²) in [5, 5.41) is 18.3. The van der Waals surface area contributed by atoms with Crippen LogP contribution in [0.1, 0.15) is 18.4 Å². The van der Waals surface area contributed by atoms with Gasteiger partial charge in [0.15, 0.2) is 5.82 Å². The first-order valence-corrected chi connectivity index (χ1v) is 8.75. The second-order valence-electron chi connectivity index (χ2n) is 6.62. The Bertz CT molecular complexity index is 903. The Labute approximate surface area is 147 Å². The third-order valence-corrected chi connectivity index (χ3v) is 4.63. The maximum absolute atomic E-state index is 10.3. The maximum Gasteiger partial charge on any atom is 0.165 e. The highest BCUT2D eigenvalue weighted by Gasteiger charge is 2.17. The second kappa shape index (κ2) is 6.69. The van der Waals surface area contributed by atoms with Crippen LogP contribution in [0.25, 0.3) is 22.3 Å². The average Bonchev–Trinajstić information content (AvgIpc) is 2.64. The molecule has 3 aromatic rings. The Kier molecular flexibility index (Phi) is 4.24. The fourth-order valence-electron chi connectivity index (χ4n) is 3.30. The normalized spacial score (nSPS) is 17.6. The summed E-state index contributed by atoms with van der Waals surface area (Å²) in [7, 11) is 0. The van der Waals surface area contributed by atoms with E-state index >= 15 is 0 Å². The van der Waals surface area contributed by atoms with Gasteiger partial charge in [-0.25, -0.2) is 9.97 Å². The standard InChI is InChI=1S/C20H22N4O/c1-13-8-9-18(25)16(11-13)20-23-17-7-3-2-6-15(17)19(24-20)22-14-5-4-10-21-12-14/h2-3,6-9,11,14,21,25H,4-5,10,12H2,1H3,(H,22,23,24)/t14-/m1/s1. The lowest BCUT2D eigenvalue weighted by Gasteiger charge is -2.25. The molecule has 0 amide bonds. The number of benzene rings is 2. The fraction of sp³-hybridized carbons (Fsp3) is 0.300. The molecule has 0 unspecified atom stereocenters. The van der Waals surface area contributed by atoms with Crippen molar-refractivity contribution < 1.29 is 5.11 Å². The van der Waals surface area contributed by atoms with E-state index in [1.165, 1.54) is 0 Å². The summed E-state index contributed by atoms with van der Waals surface area (Å²) in [5.41, 5.74) is 2.60. The van der Waals surface area contributed by atoms with Crippen LogP contribution < -0.4 is 10.6 Å². The lowest BCUT2D eigenvalue weighted by Crippen LogP contribution is -2.38. The largest absolute Gasteiger partial charge is 0.507 e. The molecule has 5 heteroatoms. The van der Waals surface area contributed by atoms with E-state index in [1.54, 1.807) is 6.07 Å². The van der Waals surface area contributed by atoms with E-state index in [0.29, 0.717) is 17.4 Å². The number of aromatic hydroxyl groups is 1. The van der Waals surface area contributed by atoms with Gasteiger partial charge in [0.05, 0.1) is 11.1 Å². The van der Waals surface area contributed by atoms with Crippen LogP contribution >= 0.6 is 0 Å².